The molecule has 0 aromatic heterocycles. The van der Waals surface area contributed by atoms with Crippen molar-refractivity contribution in [2.24, 2.45) is 20.4 Å². The zero-order valence-electron chi connectivity index (χ0n) is 16.1. The molecule has 0 heterocycles. The van der Waals surface area contributed by atoms with Crippen molar-refractivity contribution in [3.63, 3.8) is 0 Å². The van der Waals surface area contributed by atoms with Crippen LogP contribution in [0.5, 0.6) is 0 Å². The van der Waals surface area contributed by atoms with Crippen molar-refractivity contribution < 1.29 is 13.2 Å². The van der Waals surface area contributed by atoms with Crippen molar-refractivity contribution in [3.8, 4) is 0 Å². The maximum atomic E-state index is 13.0. The van der Waals surface area contributed by atoms with Crippen molar-refractivity contribution in [2.45, 2.75) is 0 Å². The number of hydrazone groups is 2. The van der Waals surface area contributed by atoms with Crippen LogP contribution >= 0.6 is 0 Å². The molecule has 0 saturated heterocycles. The van der Waals surface area contributed by atoms with Crippen LogP contribution < -0.4 is 10.9 Å². The average molecular weight is 422 g/mol. The highest BCUT2D eigenvalue weighted by molar-refractivity contribution is 5.86. The van der Waals surface area contributed by atoms with Gasteiger partial charge in [0.2, 0.25) is 0 Å². The molecule has 0 fully saturated rings. The van der Waals surface area contributed by atoms with Crippen molar-refractivity contribution in [1.82, 2.24) is 10.9 Å². The van der Waals surface area contributed by atoms with Crippen LogP contribution in [-0.4, -0.2) is 24.6 Å². The predicted molar refractivity (Wildman–Crippen MR) is 116 cm³/mol. The van der Waals surface area contributed by atoms with Gasteiger partial charge in [-0.15, -0.1) is 5.10 Å². The van der Waals surface area contributed by atoms with E-state index in [4.69, 9.17) is 0 Å². The summed E-state index contributed by atoms with van der Waals surface area (Å²) in [6, 6.07) is 17.2. The Labute approximate surface area is 176 Å². The Bertz CT molecular complexity index is 1030. The van der Waals surface area contributed by atoms with Crippen molar-refractivity contribution in [3.05, 3.63) is 107 Å². The van der Waals surface area contributed by atoms with Gasteiger partial charge in [-0.05, 0) is 53.1 Å². The molecule has 6 nitrogen and oxygen atoms in total. The Kier molecular flexibility index (Phi) is 7.64. The van der Waals surface area contributed by atoms with Crippen LogP contribution in [0, 0.1) is 17.5 Å². The van der Waals surface area contributed by atoms with E-state index in [1.807, 2.05) is 0 Å². The van der Waals surface area contributed by atoms with E-state index in [9.17, 15) is 13.2 Å². The molecule has 3 rings (SSSR count). The molecule has 0 amide bonds. The molecule has 0 bridgehead atoms. The summed E-state index contributed by atoms with van der Waals surface area (Å²) in [4.78, 5) is 0. The van der Waals surface area contributed by atoms with E-state index < -0.39 is 0 Å². The van der Waals surface area contributed by atoms with Gasteiger partial charge in [0.1, 0.15) is 17.5 Å². The molecule has 31 heavy (non-hydrogen) atoms. The van der Waals surface area contributed by atoms with Crippen molar-refractivity contribution in [2.75, 3.05) is 0 Å². The molecule has 156 valence electrons. The summed E-state index contributed by atoms with van der Waals surface area (Å²) >= 11 is 0. The van der Waals surface area contributed by atoms with Gasteiger partial charge in [-0.25, -0.2) is 24.0 Å². The highest BCUT2D eigenvalue weighted by Gasteiger charge is 1.96. The van der Waals surface area contributed by atoms with E-state index in [1.165, 1.54) is 55.0 Å². The summed E-state index contributed by atoms with van der Waals surface area (Å²) in [5.41, 5.74) is 7.26. The van der Waals surface area contributed by atoms with Gasteiger partial charge in [0, 0.05) is 0 Å². The van der Waals surface area contributed by atoms with Gasteiger partial charge in [-0.3, -0.25) is 0 Å². The highest BCUT2D eigenvalue weighted by atomic mass is 19.1. The lowest BCUT2D eigenvalue weighted by Crippen LogP contribution is -2.30. The number of hydrogen-bond acceptors (Lipinski definition) is 4. The summed E-state index contributed by atoms with van der Waals surface area (Å²) in [5, 5.41) is 15.9. The zero-order chi connectivity index (χ0) is 21.9. The smallest absolute Gasteiger partial charge is 0.244 e. The molecule has 0 aliphatic rings. The van der Waals surface area contributed by atoms with Gasteiger partial charge in [-0.2, -0.15) is 15.3 Å². The van der Waals surface area contributed by atoms with Crippen LogP contribution in [0.2, 0.25) is 0 Å². The second-order valence-electron chi connectivity index (χ2n) is 6.09. The first-order chi connectivity index (χ1) is 15.1. The minimum Gasteiger partial charge on any atom is -0.244 e. The van der Waals surface area contributed by atoms with Crippen molar-refractivity contribution in [1.29, 1.82) is 0 Å². The topological polar surface area (TPSA) is 73.5 Å². The third kappa shape index (κ3) is 7.58. The van der Waals surface area contributed by atoms with E-state index in [-0.39, 0.29) is 23.4 Å². The normalized spacial score (nSPS) is 11.3. The maximum absolute atomic E-state index is 13.0. The number of halogens is 3. The lowest BCUT2D eigenvalue weighted by Gasteiger charge is -2.02. The molecule has 3 aromatic rings. The Morgan fingerprint density at radius 2 is 0.903 bits per heavy atom. The van der Waals surface area contributed by atoms with Crippen LogP contribution in [0.1, 0.15) is 16.7 Å². The summed E-state index contributed by atoms with van der Waals surface area (Å²) < 4.78 is 38.9. The Morgan fingerprint density at radius 1 is 0.548 bits per heavy atom. The fraction of sp³-hybridized carbons (Fsp3) is 0. The third-order valence-electron chi connectivity index (χ3n) is 3.74. The zero-order valence-corrected chi connectivity index (χ0v) is 16.1. The van der Waals surface area contributed by atoms with E-state index in [0.717, 1.165) is 0 Å². The Balaban J connectivity index is 1.69. The number of nitrogens with one attached hydrogen (secondary N) is 2. The van der Waals surface area contributed by atoms with E-state index in [0.29, 0.717) is 16.7 Å². The standard InChI is InChI=1S/C22H17F3N6/c23-19-7-1-16(2-8-19)13-26-29-22(30-27-14-17-3-9-20(24)10-4-17)31-28-15-18-5-11-21(25)12-6-18/h1-15H,(H2,29,30,31). The van der Waals surface area contributed by atoms with Gasteiger partial charge >= 0.3 is 0 Å². The number of guanidine groups is 1. The number of hydrogen-bond donors (Lipinski definition) is 2. The van der Waals surface area contributed by atoms with Gasteiger partial charge in [0.25, 0.3) is 5.96 Å². The minimum absolute atomic E-state index is 0.0788. The molecule has 9 heteroatoms. The first kappa shape index (κ1) is 21.4. The lowest BCUT2D eigenvalue weighted by atomic mass is 10.2. The van der Waals surface area contributed by atoms with E-state index in [1.54, 1.807) is 36.4 Å². The minimum atomic E-state index is -0.352. The molecule has 0 aliphatic carbocycles. The summed E-state index contributed by atoms with van der Waals surface area (Å²) in [7, 11) is 0. The quantitative estimate of drug-likeness (QED) is 0.358. The van der Waals surface area contributed by atoms with Gasteiger partial charge in [0.05, 0.1) is 18.6 Å². The van der Waals surface area contributed by atoms with Gasteiger partial charge in [0.15, 0.2) is 0 Å². The average Bonchev–Trinajstić information content (AvgIpc) is 2.77. The van der Waals surface area contributed by atoms with Gasteiger partial charge < -0.3 is 0 Å². The maximum Gasteiger partial charge on any atom is 0.257 e. The molecule has 0 radical (unpaired) electrons. The molecule has 2 N–H and O–H groups in total. The van der Waals surface area contributed by atoms with E-state index in [2.05, 4.69) is 31.3 Å². The monoisotopic (exact) mass is 422 g/mol. The molecule has 3 aromatic carbocycles. The number of benzene rings is 3. The first-order valence-corrected chi connectivity index (χ1v) is 9.04. The lowest BCUT2D eigenvalue weighted by molar-refractivity contribution is 0.627. The first-order valence-electron chi connectivity index (χ1n) is 9.04. The second kappa shape index (κ2) is 11.1. The Hall–Kier alpha value is -4.27. The second-order valence-corrected chi connectivity index (χ2v) is 6.09. The molecular weight excluding hydrogens is 405 g/mol. The number of rotatable bonds is 6. The SMILES string of the molecule is Fc1ccc(C=NN=C(NN=Cc2ccc(F)cc2)NN=Cc2ccc(F)cc2)cc1. The number of nitrogens with zero attached hydrogens (tertiary/aromatic N) is 4. The van der Waals surface area contributed by atoms with E-state index >= 15 is 0 Å². The van der Waals surface area contributed by atoms with Crippen LogP contribution in [0.3, 0.4) is 0 Å². The third-order valence-corrected chi connectivity index (χ3v) is 3.74. The fourth-order valence-corrected chi connectivity index (χ4v) is 2.21. The fourth-order valence-electron chi connectivity index (χ4n) is 2.21. The molecular formula is C22H17F3N6. The molecule has 0 aliphatic heterocycles. The molecule has 0 spiro atoms. The molecule has 0 saturated carbocycles. The van der Waals surface area contributed by atoms with Crippen LogP contribution in [0.4, 0.5) is 13.2 Å². The van der Waals surface area contributed by atoms with Crippen molar-refractivity contribution >= 4 is 24.6 Å². The summed E-state index contributed by atoms with van der Waals surface area (Å²) in [6.45, 7) is 0. The summed E-state index contributed by atoms with van der Waals surface area (Å²) in [5.74, 6) is -0.969. The van der Waals surface area contributed by atoms with Crippen LogP contribution in [0.25, 0.3) is 0 Å². The molecule has 0 unspecified atom stereocenters. The van der Waals surface area contributed by atoms with Crippen LogP contribution in [-0.2, 0) is 0 Å². The highest BCUT2D eigenvalue weighted by Crippen LogP contribution is 2.01. The largest absolute Gasteiger partial charge is 0.257 e. The predicted octanol–water partition coefficient (Wildman–Crippen LogP) is 4.04. The Morgan fingerprint density at radius 3 is 1.29 bits per heavy atom. The molecule has 0 atom stereocenters. The summed E-state index contributed by atoms with van der Waals surface area (Å²) in [6.07, 6.45) is 4.35. The van der Waals surface area contributed by atoms with Gasteiger partial charge in [-0.1, -0.05) is 36.4 Å². The van der Waals surface area contributed by atoms with Crippen LogP contribution in [0.15, 0.2) is 93.2 Å².